The molecule has 1 fully saturated rings. The van der Waals surface area contributed by atoms with E-state index in [0.717, 1.165) is 23.1 Å². The first-order valence-corrected chi connectivity index (χ1v) is 5.37. The molecule has 72 valence electrons. The summed E-state index contributed by atoms with van der Waals surface area (Å²) in [6, 6.07) is 0. The number of hydrogen-bond acceptors (Lipinski definition) is 1. The molecule has 0 aromatic carbocycles. The van der Waals surface area contributed by atoms with Crippen molar-refractivity contribution < 1.29 is 17.9 Å². The van der Waals surface area contributed by atoms with Crippen molar-refractivity contribution in [2.75, 3.05) is 0 Å². The molecule has 1 aliphatic carbocycles. The zero-order valence-electron chi connectivity index (χ0n) is 7.03. The van der Waals surface area contributed by atoms with Crippen molar-refractivity contribution in [1.82, 2.24) is 0 Å². The smallest absolute Gasteiger partial charge is 0.289 e. The minimum Gasteiger partial charge on any atom is -0.289 e. The predicted octanol–water partition coefficient (Wildman–Crippen LogP) is 1.62. The maximum Gasteiger partial charge on any atom is 0.522 e. The summed E-state index contributed by atoms with van der Waals surface area (Å²) in [6.45, 7) is 0. The molecule has 0 heterocycles. The first-order chi connectivity index (χ1) is 5.47. The molecule has 0 unspecified atom stereocenters. The monoisotopic (exact) mass is 198 g/mol. The quantitative estimate of drug-likeness (QED) is 0.582. The fourth-order valence-corrected chi connectivity index (χ4v) is 2.20. The van der Waals surface area contributed by atoms with Crippen LogP contribution in [-0.4, -0.2) is 22.7 Å². The van der Waals surface area contributed by atoms with Crippen LogP contribution in [-0.2, 0) is 4.74 Å². The molecule has 0 radical (unpaired) electrons. The van der Waals surface area contributed by atoms with Gasteiger partial charge in [-0.15, -0.1) is 13.2 Å². The highest BCUT2D eigenvalue weighted by molar-refractivity contribution is 6.11. The van der Waals surface area contributed by atoms with Gasteiger partial charge in [-0.2, -0.15) is 0 Å². The second-order valence-corrected chi connectivity index (χ2v) is 5.08. The van der Waals surface area contributed by atoms with Crippen molar-refractivity contribution in [3.63, 3.8) is 0 Å². The van der Waals surface area contributed by atoms with Gasteiger partial charge in [0, 0.05) is 10.2 Å². The molecule has 5 heteroatoms. The van der Waals surface area contributed by atoms with E-state index in [0.29, 0.717) is 18.4 Å². The lowest BCUT2D eigenvalue weighted by atomic mass is 9.97. The van der Waals surface area contributed by atoms with E-state index in [1.54, 1.807) is 0 Å². The predicted molar refractivity (Wildman–Crippen MR) is 43.1 cm³/mol. The molecular formula is C7H13F3OSi. The van der Waals surface area contributed by atoms with Gasteiger partial charge in [0.25, 0.3) is 0 Å². The van der Waals surface area contributed by atoms with Gasteiger partial charge in [0.05, 0.1) is 6.10 Å². The highest BCUT2D eigenvalue weighted by Gasteiger charge is 2.34. The Morgan fingerprint density at radius 3 is 2.00 bits per heavy atom. The van der Waals surface area contributed by atoms with Crippen molar-refractivity contribution in [2.45, 2.75) is 43.7 Å². The zero-order valence-corrected chi connectivity index (χ0v) is 9.03. The van der Waals surface area contributed by atoms with Gasteiger partial charge in [-0.05, 0) is 12.8 Å². The summed E-state index contributed by atoms with van der Waals surface area (Å²) in [5, 5.41) is 0. The Labute approximate surface area is 72.7 Å². The van der Waals surface area contributed by atoms with Gasteiger partial charge in [0.2, 0.25) is 0 Å². The lowest BCUT2D eigenvalue weighted by molar-refractivity contribution is -0.345. The summed E-state index contributed by atoms with van der Waals surface area (Å²) in [4.78, 5) is 0. The third kappa shape index (κ3) is 3.58. The van der Waals surface area contributed by atoms with Crippen LogP contribution in [0.25, 0.3) is 0 Å². The summed E-state index contributed by atoms with van der Waals surface area (Å²) in [7, 11) is 1.10. The zero-order chi connectivity index (χ0) is 9.19. The number of rotatable bonds is 1. The molecular weight excluding hydrogens is 185 g/mol. The lowest BCUT2D eigenvalue weighted by Crippen LogP contribution is -2.27. The van der Waals surface area contributed by atoms with Crippen LogP contribution >= 0.6 is 0 Å². The SMILES string of the molecule is FC(F)(F)OC1CCC([SiH3])CC1. The Kier molecular flexibility index (Phi) is 3.17. The number of hydrogen-bond donors (Lipinski definition) is 0. The standard InChI is InChI=1S/C7H13F3OSi/c8-7(9,10)11-5-1-3-6(12)4-2-5/h5-6H,1-4H2,12H3. The molecule has 1 nitrogen and oxygen atoms in total. The average Bonchev–Trinajstić information content (AvgIpc) is 1.91. The van der Waals surface area contributed by atoms with E-state index < -0.39 is 12.5 Å². The lowest BCUT2D eigenvalue weighted by Gasteiger charge is -2.26. The molecule has 0 aromatic heterocycles. The number of halogens is 3. The molecule has 0 bridgehead atoms. The molecule has 1 aliphatic rings. The summed E-state index contributed by atoms with van der Waals surface area (Å²) in [5.74, 6) is 0. The van der Waals surface area contributed by atoms with Crippen LogP contribution in [0.4, 0.5) is 13.2 Å². The molecule has 0 N–H and O–H groups in total. The molecule has 12 heavy (non-hydrogen) atoms. The van der Waals surface area contributed by atoms with Gasteiger partial charge in [-0.25, -0.2) is 0 Å². The van der Waals surface area contributed by atoms with Crippen molar-refractivity contribution in [2.24, 2.45) is 0 Å². The third-order valence-electron chi connectivity index (χ3n) is 2.26. The van der Waals surface area contributed by atoms with Crippen molar-refractivity contribution in [3.8, 4) is 0 Å². The van der Waals surface area contributed by atoms with Gasteiger partial charge in [0.1, 0.15) is 0 Å². The van der Waals surface area contributed by atoms with Crippen LogP contribution in [0.3, 0.4) is 0 Å². The molecule has 1 saturated carbocycles. The molecule has 0 atom stereocenters. The maximum absolute atomic E-state index is 11.7. The fraction of sp³-hybridized carbons (Fsp3) is 1.00. The second-order valence-electron chi connectivity index (χ2n) is 3.45. The third-order valence-corrected chi connectivity index (χ3v) is 3.42. The summed E-state index contributed by atoms with van der Waals surface area (Å²) in [6.07, 6.45) is -2.04. The minimum absolute atomic E-state index is 0.574. The van der Waals surface area contributed by atoms with E-state index in [2.05, 4.69) is 4.74 Å². The molecule has 0 amide bonds. The van der Waals surface area contributed by atoms with Crippen LogP contribution in [0.15, 0.2) is 0 Å². The Hall–Kier alpha value is -0.0331. The normalized spacial score (nSPS) is 32.2. The van der Waals surface area contributed by atoms with Gasteiger partial charge < -0.3 is 0 Å². The highest BCUT2D eigenvalue weighted by atomic mass is 28.1. The van der Waals surface area contributed by atoms with Crippen molar-refractivity contribution >= 4 is 10.2 Å². The summed E-state index contributed by atoms with van der Waals surface area (Å²) in [5.41, 5.74) is 0.693. The largest absolute Gasteiger partial charge is 0.522 e. The van der Waals surface area contributed by atoms with E-state index in [4.69, 9.17) is 0 Å². The number of ether oxygens (including phenoxy) is 1. The van der Waals surface area contributed by atoms with Crippen LogP contribution < -0.4 is 0 Å². The minimum atomic E-state index is -4.44. The van der Waals surface area contributed by atoms with Crippen molar-refractivity contribution in [1.29, 1.82) is 0 Å². The average molecular weight is 198 g/mol. The number of alkyl halides is 3. The van der Waals surface area contributed by atoms with Crippen molar-refractivity contribution in [3.05, 3.63) is 0 Å². The van der Waals surface area contributed by atoms with Gasteiger partial charge in [-0.3, -0.25) is 4.74 Å². The first kappa shape index (κ1) is 10.1. The highest BCUT2D eigenvalue weighted by Crippen LogP contribution is 2.31. The Morgan fingerprint density at radius 2 is 1.58 bits per heavy atom. The van der Waals surface area contributed by atoms with E-state index in [-0.39, 0.29) is 0 Å². The Balaban J connectivity index is 2.26. The molecule has 0 aromatic rings. The van der Waals surface area contributed by atoms with Gasteiger partial charge >= 0.3 is 6.36 Å². The van der Waals surface area contributed by atoms with Crippen LogP contribution in [0, 0.1) is 0 Å². The molecule has 0 aliphatic heterocycles. The van der Waals surface area contributed by atoms with Gasteiger partial charge in [0.15, 0.2) is 0 Å². The van der Waals surface area contributed by atoms with Crippen LogP contribution in [0.2, 0.25) is 5.54 Å². The van der Waals surface area contributed by atoms with E-state index >= 15 is 0 Å². The van der Waals surface area contributed by atoms with E-state index in [1.807, 2.05) is 0 Å². The van der Waals surface area contributed by atoms with Crippen LogP contribution in [0.5, 0.6) is 0 Å². The second kappa shape index (κ2) is 3.78. The van der Waals surface area contributed by atoms with E-state index in [1.165, 1.54) is 0 Å². The summed E-state index contributed by atoms with van der Waals surface area (Å²) < 4.78 is 39.1. The van der Waals surface area contributed by atoms with Gasteiger partial charge in [-0.1, -0.05) is 18.4 Å². The van der Waals surface area contributed by atoms with E-state index in [9.17, 15) is 13.2 Å². The summed E-state index contributed by atoms with van der Waals surface area (Å²) >= 11 is 0. The Morgan fingerprint density at radius 1 is 1.08 bits per heavy atom. The molecule has 0 spiro atoms. The molecule has 0 saturated heterocycles. The fourth-order valence-electron chi connectivity index (χ4n) is 1.54. The first-order valence-electron chi connectivity index (χ1n) is 4.22. The van der Waals surface area contributed by atoms with Crippen LogP contribution in [0.1, 0.15) is 25.7 Å². The molecule has 1 rings (SSSR count). The Bertz CT molecular complexity index is 140. The topological polar surface area (TPSA) is 9.23 Å². The maximum atomic E-state index is 11.7.